The lowest BCUT2D eigenvalue weighted by Gasteiger charge is -2.30. The van der Waals surface area contributed by atoms with Crippen LogP contribution in [0.2, 0.25) is 0 Å². The molecule has 0 aromatic heterocycles. The molecular formula is C13H13F2NO3. The summed E-state index contributed by atoms with van der Waals surface area (Å²) in [5.41, 5.74) is -0.229. The number of carboxylic acid groups (broad SMARTS) is 1. The number of rotatable bonds is 2. The van der Waals surface area contributed by atoms with Crippen molar-refractivity contribution in [3.63, 3.8) is 0 Å². The van der Waals surface area contributed by atoms with Crippen molar-refractivity contribution in [1.29, 1.82) is 0 Å². The van der Waals surface area contributed by atoms with Gasteiger partial charge in [0.15, 0.2) is 0 Å². The third-order valence-corrected chi connectivity index (χ3v) is 3.22. The van der Waals surface area contributed by atoms with E-state index in [-0.39, 0.29) is 12.1 Å². The molecule has 1 saturated heterocycles. The van der Waals surface area contributed by atoms with Gasteiger partial charge >= 0.3 is 5.97 Å². The predicted octanol–water partition coefficient (Wildman–Crippen LogP) is 1.90. The van der Waals surface area contributed by atoms with Crippen molar-refractivity contribution >= 4 is 11.9 Å². The summed E-state index contributed by atoms with van der Waals surface area (Å²) in [5.74, 6) is -3.86. The quantitative estimate of drug-likeness (QED) is 0.892. The molecule has 0 aliphatic carbocycles. The van der Waals surface area contributed by atoms with E-state index in [1.807, 2.05) is 0 Å². The second kappa shape index (κ2) is 5.34. The number of amides is 1. The summed E-state index contributed by atoms with van der Waals surface area (Å²) >= 11 is 0. The number of carbonyl (C=O) groups is 2. The zero-order valence-electron chi connectivity index (χ0n) is 10.1. The molecule has 1 aliphatic rings. The fourth-order valence-electron chi connectivity index (χ4n) is 2.20. The fraction of sp³-hybridized carbons (Fsp3) is 0.385. The van der Waals surface area contributed by atoms with Crippen molar-refractivity contribution in [3.05, 3.63) is 35.4 Å². The second-order valence-electron chi connectivity index (χ2n) is 4.55. The molecule has 1 atom stereocenters. The summed E-state index contributed by atoms with van der Waals surface area (Å²) in [6.45, 7) is 0.449. The molecule has 1 aromatic carbocycles. The number of aliphatic carboxylic acids is 1. The van der Waals surface area contributed by atoms with Gasteiger partial charge in [0.1, 0.15) is 11.6 Å². The molecule has 102 valence electrons. The number of carbonyl (C=O) groups excluding carboxylic acids is 1. The highest BCUT2D eigenvalue weighted by Crippen LogP contribution is 2.20. The Kier molecular flexibility index (Phi) is 3.78. The summed E-state index contributed by atoms with van der Waals surface area (Å²) in [7, 11) is 0. The molecule has 1 aliphatic heterocycles. The highest BCUT2D eigenvalue weighted by atomic mass is 19.1. The minimum absolute atomic E-state index is 0.0605. The molecule has 1 amide bonds. The topological polar surface area (TPSA) is 57.6 Å². The predicted molar refractivity (Wildman–Crippen MR) is 62.6 cm³/mol. The Balaban J connectivity index is 2.17. The molecule has 1 aromatic rings. The van der Waals surface area contributed by atoms with Crippen molar-refractivity contribution < 1.29 is 23.5 Å². The summed E-state index contributed by atoms with van der Waals surface area (Å²) < 4.78 is 26.3. The standard InChI is InChI=1S/C13H13F2NO3/c14-9-3-4-10(11(15)6-9)12(17)16-5-1-2-8(7-16)13(18)19/h3-4,6,8H,1-2,5,7H2,(H,18,19)/t8-/m0/s1. The van der Waals surface area contributed by atoms with Gasteiger partial charge in [-0.1, -0.05) is 0 Å². The maximum atomic E-state index is 13.5. The number of nitrogens with zero attached hydrogens (tertiary/aromatic N) is 1. The van der Waals surface area contributed by atoms with E-state index < -0.39 is 29.4 Å². The number of hydrogen-bond donors (Lipinski definition) is 1. The van der Waals surface area contributed by atoms with Crippen LogP contribution in [0.1, 0.15) is 23.2 Å². The Labute approximate surface area is 108 Å². The lowest BCUT2D eigenvalue weighted by molar-refractivity contribution is -0.143. The van der Waals surface area contributed by atoms with Crippen molar-refractivity contribution in [3.8, 4) is 0 Å². The number of piperidine rings is 1. The van der Waals surface area contributed by atoms with E-state index in [1.54, 1.807) is 0 Å². The van der Waals surface area contributed by atoms with Crippen LogP contribution in [-0.4, -0.2) is 35.0 Å². The maximum absolute atomic E-state index is 13.5. The minimum atomic E-state index is -0.961. The van der Waals surface area contributed by atoms with Crippen LogP contribution >= 0.6 is 0 Å². The Bertz CT molecular complexity index is 519. The van der Waals surface area contributed by atoms with Crippen molar-refractivity contribution in [2.45, 2.75) is 12.8 Å². The van der Waals surface area contributed by atoms with Crippen LogP contribution in [0.5, 0.6) is 0 Å². The first kappa shape index (κ1) is 13.5. The van der Waals surface area contributed by atoms with Gasteiger partial charge < -0.3 is 10.0 Å². The van der Waals surface area contributed by atoms with Gasteiger partial charge in [0.25, 0.3) is 5.91 Å². The van der Waals surface area contributed by atoms with Crippen LogP contribution in [0, 0.1) is 17.6 Å². The third-order valence-electron chi connectivity index (χ3n) is 3.22. The summed E-state index contributed by atoms with van der Waals surface area (Å²) in [6.07, 6.45) is 1.07. The normalized spacial score (nSPS) is 19.3. The monoisotopic (exact) mass is 269 g/mol. The molecular weight excluding hydrogens is 256 g/mol. The first-order valence-electron chi connectivity index (χ1n) is 5.96. The second-order valence-corrected chi connectivity index (χ2v) is 4.55. The molecule has 19 heavy (non-hydrogen) atoms. The average molecular weight is 269 g/mol. The average Bonchev–Trinajstić information content (AvgIpc) is 2.38. The molecule has 2 rings (SSSR count). The number of benzene rings is 1. The molecule has 0 radical (unpaired) electrons. The molecule has 6 heteroatoms. The fourth-order valence-corrected chi connectivity index (χ4v) is 2.20. The molecule has 1 fully saturated rings. The molecule has 1 N–H and O–H groups in total. The van der Waals surface area contributed by atoms with E-state index >= 15 is 0 Å². The molecule has 0 unspecified atom stereocenters. The lowest BCUT2D eigenvalue weighted by Crippen LogP contribution is -2.42. The highest BCUT2D eigenvalue weighted by Gasteiger charge is 2.29. The van der Waals surface area contributed by atoms with Crippen molar-refractivity contribution in [1.82, 2.24) is 4.90 Å². The van der Waals surface area contributed by atoms with E-state index in [1.165, 1.54) is 4.90 Å². The molecule has 4 nitrogen and oxygen atoms in total. The van der Waals surface area contributed by atoms with E-state index in [0.717, 1.165) is 12.1 Å². The van der Waals surface area contributed by atoms with Gasteiger partial charge in [-0.3, -0.25) is 9.59 Å². The zero-order valence-corrected chi connectivity index (χ0v) is 10.1. The maximum Gasteiger partial charge on any atom is 0.308 e. The van der Waals surface area contributed by atoms with E-state index in [9.17, 15) is 18.4 Å². The summed E-state index contributed by atoms with van der Waals surface area (Å²) in [6, 6.07) is 2.73. The van der Waals surface area contributed by atoms with Crippen molar-refractivity contribution in [2.75, 3.05) is 13.1 Å². The Morgan fingerprint density at radius 1 is 1.32 bits per heavy atom. The Morgan fingerprint density at radius 2 is 2.05 bits per heavy atom. The van der Waals surface area contributed by atoms with Crippen LogP contribution in [0.3, 0.4) is 0 Å². The van der Waals surface area contributed by atoms with Gasteiger partial charge in [-0.25, -0.2) is 8.78 Å². The SMILES string of the molecule is O=C(O)[C@H]1CCCN(C(=O)c2ccc(F)cc2F)C1. The third kappa shape index (κ3) is 2.89. The largest absolute Gasteiger partial charge is 0.481 e. The first-order chi connectivity index (χ1) is 8.99. The molecule has 0 bridgehead atoms. The molecule has 0 spiro atoms. The van der Waals surface area contributed by atoms with Crippen LogP contribution in [-0.2, 0) is 4.79 Å². The lowest BCUT2D eigenvalue weighted by atomic mass is 9.97. The van der Waals surface area contributed by atoms with Crippen LogP contribution < -0.4 is 0 Å². The van der Waals surface area contributed by atoms with E-state index in [0.29, 0.717) is 25.5 Å². The van der Waals surface area contributed by atoms with Gasteiger partial charge in [-0.05, 0) is 25.0 Å². The number of hydrogen-bond acceptors (Lipinski definition) is 2. The van der Waals surface area contributed by atoms with E-state index in [2.05, 4.69) is 0 Å². The smallest absolute Gasteiger partial charge is 0.308 e. The zero-order chi connectivity index (χ0) is 14.0. The van der Waals surface area contributed by atoms with Gasteiger partial charge in [0.05, 0.1) is 11.5 Å². The number of carboxylic acids is 1. The highest BCUT2D eigenvalue weighted by molar-refractivity contribution is 5.94. The first-order valence-corrected chi connectivity index (χ1v) is 5.96. The van der Waals surface area contributed by atoms with Crippen molar-refractivity contribution in [2.24, 2.45) is 5.92 Å². The van der Waals surface area contributed by atoms with Gasteiger partial charge in [-0.15, -0.1) is 0 Å². The number of likely N-dealkylation sites (tertiary alicyclic amines) is 1. The van der Waals surface area contributed by atoms with Crippen LogP contribution in [0.15, 0.2) is 18.2 Å². The Hall–Kier alpha value is -1.98. The van der Waals surface area contributed by atoms with Gasteiger partial charge in [-0.2, -0.15) is 0 Å². The van der Waals surface area contributed by atoms with Crippen LogP contribution in [0.25, 0.3) is 0 Å². The Morgan fingerprint density at radius 3 is 2.68 bits per heavy atom. The minimum Gasteiger partial charge on any atom is -0.481 e. The molecule has 0 saturated carbocycles. The summed E-state index contributed by atoms with van der Waals surface area (Å²) in [4.78, 5) is 24.3. The molecule has 1 heterocycles. The van der Waals surface area contributed by atoms with Crippen LogP contribution in [0.4, 0.5) is 8.78 Å². The van der Waals surface area contributed by atoms with E-state index in [4.69, 9.17) is 5.11 Å². The number of halogens is 2. The summed E-state index contributed by atoms with van der Waals surface area (Å²) in [5, 5.41) is 8.94. The van der Waals surface area contributed by atoms with Gasteiger partial charge in [0, 0.05) is 19.2 Å². The van der Waals surface area contributed by atoms with Gasteiger partial charge in [0.2, 0.25) is 0 Å².